The van der Waals surface area contributed by atoms with Crippen LogP contribution in [0, 0.1) is 0 Å². The number of ether oxygens (including phenoxy) is 1. The van der Waals surface area contributed by atoms with Gasteiger partial charge in [0.15, 0.2) is 0 Å². The molecule has 0 amide bonds. The Balaban J connectivity index is 2.48. The minimum atomic E-state index is 0.690. The molecule has 0 fully saturated rings. The van der Waals surface area contributed by atoms with Crippen molar-refractivity contribution in [1.29, 1.82) is 0 Å². The molecule has 5 nitrogen and oxygen atoms in total. The molecule has 0 aliphatic carbocycles. The number of rotatable bonds is 6. The van der Waals surface area contributed by atoms with Crippen LogP contribution < -0.4 is 11.3 Å². The van der Waals surface area contributed by atoms with Gasteiger partial charge in [0.1, 0.15) is 0 Å². The predicted molar refractivity (Wildman–Crippen MR) is 74.0 cm³/mol. The van der Waals surface area contributed by atoms with Crippen molar-refractivity contribution in [3.8, 4) is 0 Å². The summed E-state index contributed by atoms with van der Waals surface area (Å²) >= 11 is 0. The van der Waals surface area contributed by atoms with Crippen LogP contribution in [0.1, 0.15) is 12.0 Å². The van der Waals surface area contributed by atoms with E-state index in [-0.39, 0.29) is 0 Å². The topological polar surface area (TPSA) is 62.9 Å². The van der Waals surface area contributed by atoms with E-state index >= 15 is 0 Å². The van der Waals surface area contributed by atoms with Crippen LogP contribution in [0.15, 0.2) is 35.3 Å². The summed E-state index contributed by atoms with van der Waals surface area (Å²) in [5, 5.41) is 0. The van der Waals surface area contributed by atoms with Gasteiger partial charge in [0.2, 0.25) is 5.96 Å². The summed E-state index contributed by atoms with van der Waals surface area (Å²) in [5.41, 5.74) is 3.86. The van der Waals surface area contributed by atoms with Crippen molar-refractivity contribution >= 4 is 5.96 Å². The maximum absolute atomic E-state index is 5.49. The van der Waals surface area contributed by atoms with Crippen LogP contribution in [0.3, 0.4) is 0 Å². The van der Waals surface area contributed by atoms with E-state index in [2.05, 4.69) is 22.6 Å². The first-order valence-corrected chi connectivity index (χ1v) is 6.03. The first kappa shape index (κ1) is 14.5. The molecule has 0 unspecified atom stereocenters. The number of hydrogen-bond acceptors (Lipinski definition) is 3. The van der Waals surface area contributed by atoms with Gasteiger partial charge in [-0.2, -0.15) is 0 Å². The van der Waals surface area contributed by atoms with Crippen LogP contribution in [0.2, 0.25) is 0 Å². The Kier molecular flexibility index (Phi) is 6.83. The van der Waals surface area contributed by atoms with Gasteiger partial charge in [-0.1, -0.05) is 30.3 Å². The highest BCUT2D eigenvalue weighted by atomic mass is 16.5. The summed E-state index contributed by atoms with van der Waals surface area (Å²) in [6.07, 6.45) is 0.890. The van der Waals surface area contributed by atoms with E-state index in [1.807, 2.05) is 30.1 Å². The number of guanidine groups is 1. The van der Waals surface area contributed by atoms with Crippen LogP contribution in [-0.4, -0.2) is 38.2 Å². The third-order valence-corrected chi connectivity index (χ3v) is 2.52. The Morgan fingerprint density at radius 2 is 2.11 bits per heavy atom. The zero-order valence-electron chi connectivity index (χ0n) is 11.1. The van der Waals surface area contributed by atoms with E-state index in [0.29, 0.717) is 19.1 Å². The fourth-order valence-electron chi connectivity index (χ4n) is 1.60. The molecule has 0 radical (unpaired) electrons. The molecule has 0 aromatic heterocycles. The van der Waals surface area contributed by atoms with Crippen molar-refractivity contribution in [2.45, 2.75) is 13.0 Å². The molecule has 100 valence electrons. The van der Waals surface area contributed by atoms with E-state index in [0.717, 1.165) is 13.0 Å². The summed E-state index contributed by atoms with van der Waals surface area (Å²) < 4.78 is 4.98. The molecule has 0 aliphatic heterocycles. The molecule has 1 aromatic rings. The van der Waals surface area contributed by atoms with Gasteiger partial charge < -0.3 is 9.64 Å². The van der Waals surface area contributed by atoms with Crippen molar-refractivity contribution in [2.75, 3.05) is 27.3 Å². The number of nitrogens with zero attached hydrogens (tertiary/aromatic N) is 2. The second-order valence-electron chi connectivity index (χ2n) is 4.04. The Morgan fingerprint density at radius 3 is 2.72 bits per heavy atom. The van der Waals surface area contributed by atoms with E-state index < -0.39 is 0 Å². The zero-order valence-corrected chi connectivity index (χ0v) is 11.1. The van der Waals surface area contributed by atoms with Crippen molar-refractivity contribution in [2.24, 2.45) is 10.8 Å². The molecule has 0 saturated heterocycles. The van der Waals surface area contributed by atoms with Crippen LogP contribution in [-0.2, 0) is 11.3 Å². The van der Waals surface area contributed by atoms with Crippen LogP contribution in [0.25, 0.3) is 0 Å². The number of hydrogen-bond donors (Lipinski definition) is 2. The van der Waals surface area contributed by atoms with Crippen LogP contribution >= 0.6 is 0 Å². The van der Waals surface area contributed by atoms with Gasteiger partial charge in [-0.15, -0.1) is 0 Å². The minimum Gasteiger partial charge on any atom is -0.385 e. The number of nitrogens with one attached hydrogen (secondary N) is 1. The highest BCUT2D eigenvalue weighted by Gasteiger charge is 2.04. The zero-order chi connectivity index (χ0) is 13.2. The number of benzene rings is 1. The Bertz CT molecular complexity index is 353. The predicted octanol–water partition coefficient (Wildman–Crippen LogP) is 0.974. The Labute approximate surface area is 109 Å². The number of hydrazine groups is 1. The Morgan fingerprint density at radius 1 is 1.39 bits per heavy atom. The van der Waals surface area contributed by atoms with Gasteiger partial charge in [-0.3, -0.25) is 10.4 Å². The first-order valence-electron chi connectivity index (χ1n) is 6.03. The van der Waals surface area contributed by atoms with E-state index in [1.165, 1.54) is 5.56 Å². The van der Waals surface area contributed by atoms with Gasteiger partial charge >= 0.3 is 0 Å². The number of nitrogens with two attached hydrogens (primary N) is 1. The molecule has 1 aromatic carbocycles. The fourth-order valence-corrected chi connectivity index (χ4v) is 1.60. The monoisotopic (exact) mass is 250 g/mol. The van der Waals surface area contributed by atoms with Crippen molar-refractivity contribution in [3.05, 3.63) is 35.9 Å². The first-order chi connectivity index (χ1) is 8.77. The summed E-state index contributed by atoms with van der Waals surface area (Å²) in [4.78, 5) is 6.39. The average molecular weight is 250 g/mol. The molecule has 18 heavy (non-hydrogen) atoms. The molecule has 5 heteroatoms. The molecule has 0 atom stereocenters. The van der Waals surface area contributed by atoms with Gasteiger partial charge in [0.25, 0.3) is 0 Å². The molecule has 1 rings (SSSR count). The molecular weight excluding hydrogens is 228 g/mol. The van der Waals surface area contributed by atoms with E-state index in [1.54, 1.807) is 7.11 Å². The lowest BCUT2D eigenvalue weighted by Gasteiger charge is -2.20. The number of aliphatic imine (C=N–C) groups is 1. The van der Waals surface area contributed by atoms with Gasteiger partial charge in [0.05, 0.1) is 0 Å². The largest absolute Gasteiger partial charge is 0.385 e. The fraction of sp³-hybridized carbons (Fsp3) is 0.462. The maximum Gasteiger partial charge on any atom is 0.208 e. The summed E-state index contributed by atoms with van der Waals surface area (Å²) in [6.45, 7) is 2.18. The second-order valence-corrected chi connectivity index (χ2v) is 4.04. The maximum atomic E-state index is 5.49. The van der Waals surface area contributed by atoms with Crippen molar-refractivity contribution in [3.63, 3.8) is 0 Å². The molecule has 0 spiro atoms. The molecule has 3 N–H and O–H groups in total. The average Bonchev–Trinajstić information content (AvgIpc) is 2.40. The SMILES string of the molecule is COCCCN=C(NN)N(C)Cc1ccccc1. The Hall–Kier alpha value is -1.59. The van der Waals surface area contributed by atoms with Gasteiger partial charge in [-0.05, 0) is 12.0 Å². The van der Waals surface area contributed by atoms with E-state index in [9.17, 15) is 0 Å². The van der Waals surface area contributed by atoms with E-state index in [4.69, 9.17) is 10.6 Å². The minimum absolute atomic E-state index is 0.690. The standard InChI is InChI=1S/C13H22N4O/c1-17(11-12-7-4-3-5-8-12)13(16-14)15-9-6-10-18-2/h3-5,7-8H,6,9-11,14H2,1-2H3,(H,15,16). The van der Waals surface area contributed by atoms with Gasteiger partial charge in [0, 0.05) is 33.9 Å². The highest BCUT2D eigenvalue weighted by Crippen LogP contribution is 2.02. The van der Waals surface area contributed by atoms with Gasteiger partial charge in [-0.25, -0.2) is 5.84 Å². The lowest BCUT2D eigenvalue weighted by atomic mass is 10.2. The summed E-state index contributed by atoms with van der Waals surface area (Å²) in [6, 6.07) is 10.2. The normalized spacial score (nSPS) is 11.4. The highest BCUT2D eigenvalue weighted by molar-refractivity contribution is 5.79. The smallest absolute Gasteiger partial charge is 0.208 e. The van der Waals surface area contributed by atoms with Crippen LogP contribution in [0.4, 0.5) is 0 Å². The number of methoxy groups -OCH3 is 1. The van der Waals surface area contributed by atoms with Crippen molar-refractivity contribution in [1.82, 2.24) is 10.3 Å². The van der Waals surface area contributed by atoms with Crippen LogP contribution in [0.5, 0.6) is 0 Å². The molecule has 0 heterocycles. The third kappa shape index (κ3) is 5.16. The quantitative estimate of drug-likeness (QED) is 0.260. The second kappa shape index (κ2) is 8.49. The third-order valence-electron chi connectivity index (χ3n) is 2.52. The molecule has 0 bridgehead atoms. The van der Waals surface area contributed by atoms with Crippen molar-refractivity contribution < 1.29 is 4.74 Å². The molecular formula is C13H22N4O. The molecule has 0 aliphatic rings. The lowest BCUT2D eigenvalue weighted by molar-refractivity contribution is 0.197. The molecule has 0 saturated carbocycles. The summed E-state index contributed by atoms with van der Waals surface area (Å²) in [5.74, 6) is 6.18. The summed E-state index contributed by atoms with van der Waals surface area (Å²) in [7, 11) is 3.65. The lowest BCUT2D eigenvalue weighted by Crippen LogP contribution is -2.42.